The monoisotopic (exact) mass is 144 g/mol. The number of aromatic nitrogens is 2. The second kappa shape index (κ2) is 2.87. The van der Waals surface area contributed by atoms with Crippen LogP contribution in [0.5, 0.6) is 0 Å². The van der Waals surface area contributed by atoms with Crippen molar-refractivity contribution >= 4 is 11.8 Å². The molecule has 0 N–H and O–H groups in total. The predicted molar refractivity (Wildman–Crippen MR) is 36.3 cm³/mol. The van der Waals surface area contributed by atoms with Crippen molar-refractivity contribution in [1.82, 2.24) is 10.1 Å². The molecule has 9 heavy (non-hydrogen) atoms. The van der Waals surface area contributed by atoms with Crippen LogP contribution in [0.15, 0.2) is 4.52 Å². The second-order valence-electron chi connectivity index (χ2n) is 1.66. The SMILES string of the molecule is CSCc1noc(C)n1. The molecule has 0 aromatic carbocycles. The van der Waals surface area contributed by atoms with E-state index in [4.69, 9.17) is 4.52 Å². The van der Waals surface area contributed by atoms with Crippen molar-refractivity contribution in [2.75, 3.05) is 6.26 Å². The first-order chi connectivity index (χ1) is 4.33. The van der Waals surface area contributed by atoms with Gasteiger partial charge >= 0.3 is 0 Å². The topological polar surface area (TPSA) is 38.9 Å². The Balaban J connectivity index is 2.61. The van der Waals surface area contributed by atoms with E-state index >= 15 is 0 Å². The quantitative estimate of drug-likeness (QED) is 0.626. The zero-order valence-corrected chi connectivity index (χ0v) is 6.23. The molecule has 1 rings (SSSR count). The summed E-state index contributed by atoms with van der Waals surface area (Å²) >= 11 is 1.68. The lowest BCUT2D eigenvalue weighted by Crippen LogP contribution is -1.81. The first-order valence-corrected chi connectivity index (χ1v) is 4.00. The third-order valence-electron chi connectivity index (χ3n) is 0.843. The highest BCUT2D eigenvalue weighted by atomic mass is 32.2. The molecule has 1 aromatic heterocycles. The molecule has 0 aliphatic carbocycles. The maximum atomic E-state index is 4.74. The summed E-state index contributed by atoms with van der Waals surface area (Å²) in [6.45, 7) is 1.79. The standard InChI is InChI=1S/C5H8N2OS/c1-4-6-5(3-9-2)7-8-4/h3H2,1-2H3. The van der Waals surface area contributed by atoms with Crippen LogP contribution in [-0.4, -0.2) is 16.4 Å². The summed E-state index contributed by atoms with van der Waals surface area (Å²) in [5.41, 5.74) is 0. The molecule has 0 aliphatic rings. The molecule has 0 spiro atoms. The molecule has 0 amide bonds. The first kappa shape index (κ1) is 6.61. The van der Waals surface area contributed by atoms with Crippen LogP contribution >= 0.6 is 11.8 Å². The van der Waals surface area contributed by atoms with Gasteiger partial charge in [0, 0.05) is 6.92 Å². The Morgan fingerprint density at radius 3 is 2.89 bits per heavy atom. The van der Waals surface area contributed by atoms with Gasteiger partial charge < -0.3 is 4.52 Å². The lowest BCUT2D eigenvalue weighted by Gasteiger charge is -1.81. The molecule has 0 aliphatic heterocycles. The maximum absolute atomic E-state index is 4.74. The average Bonchev–Trinajstić information content (AvgIpc) is 2.17. The fraction of sp³-hybridized carbons (Fsp3) is 0.600. The van der Waals surface area contributed by atoms with Crippen LogP contribution in [0, 0.1) is 6.92 Å². The van der Waals surface area contributed by atoms with Crippen LogP contribution in [-0.2, 0) is 5.75 Å². The van der Waals surface area contributed by atoms with Gasteiger partial charge in [-0.25, -0.2) is 0 Å². The number of hydrogen-bond acceptors (Lipinski definition) is 4. The molecule has 0 radical (unpaired) electrons. The molecule has 0 atom stereocenters. The largest absolute Gasteiger partial charge is 0.340 e. The van der Waals surface area contributed by atoms with Gasteiger partial charge in [0.2, 0.25) is 5.89 Å². The van der Waals surface area contributed by atoms with Crippen molar-refractivity contribution in [3.05, 3.63) is 11.7 Å². The molecule has 4 heteroatoms. The van der Waals surface area contributed by atoms with Crippen LogP contribution in [0.4, 0.5) is 0 Å². The molecular formula is C5H8N2OS. The van der Waals surface area contributed by atoms with E-state index < -0.39 is 0 Å². The summed E-state index contributed by atoms with van der Waals surface area (Å²) < 4.78 is 4.74. The molecule has 0 saturated heterocycles. The third-order valence-corrected chi connectivity index (χ3v) is 1.39. The van der Waals surface area contributed by atoms with Gasteiger partial charge in [-0.1, -0.05) is 5.16 Å². The van der Waals surface area contributed by atoms with E-state index in [1.54, 1.807) is 18.7 Å². The van der Waals surface area contributed by atoms with Crippen molar-refractivity contribution in [1.29, 1.82) is 0 Å². The molecule has 3 nitrogen and oxygen atoms in total. The highest BCUT2D eigenvalue weighted by Gasteiger charge is 1.98. The highest BCUT2D eigenvalue weighted by molar-refractivity contribution is 7.97. The van der Waals surface area contributed by atoms with Gasteiger partial charge in [-0.3, -0.25) is 0 Å². The molecule has 1 heterocycles. The Morgan fingerprint density at radius 1 is 1.67 bits per heavy atom. The van der Waals surface area contributed by atoms with Gasteiger partial charge in [0.15, 0.2) is 5.82 Å². The van der Waals surface area contributed by atoms with E-state index in [2.05, 4.69) is 10.1 Å². The summed E-state index contributed by atoms with van der Waals surface area (Å²) in [5.74, 6) is 2.25. The number of nitrogens with zero attached hydrogens (tertiary/aromatic N) is 2. The molecule has 0 bridgehead atoms. The van der Waals surface area contributed by atoms with Crippen molar-refractivity contribution in [2.24, 2.45) is 0 Å². The maximum Gasteiger partial charge on any atom is 0.223 e. The fourth-order valence-corrected chi connectivity index (χ4v) is 0.904. The predicted octanol–water partition coefficient (Wildman–Crippen LogP) is 1.24. The Morgan fingerprint density at radius 2 is 2.44 bits per heavy atom. The zero-order valence-electron chi connectivity index (χ0n) is 5.42. The smallest absolute Gasteiger partial charge is 0.223 e. The molecule has 1 aromatic rings. The van der Waals surface area contributed by atoms with E-state index in [9.17, 15) is 0 Å². The van der Waals surface area contributed by atoms with Crippen LogP contribution in [0.25, 0.3) is 0 Å². The van der Waals surface area contributed by atoms with E-state index in [0.29, 0.717) is 5.89 Å². The number of hydrogen-bond donors (Lipinski definition) is 0. The minimum Gasteiger partial charge on any atom is -0.340 e. The normalized spacial score (nSPS) is 10.0. The van der Waals surface area contributed by atoms with Gasteiger partial charge in [-0.15, -0.1) is 0 Å². The summed E-state index contributed by atoms with van der Waals surface area (Å²) in [7, 11) is 0. The second-order valence-corrected chi connectivity index (χ2v) is 2.53. The van der Waals surface area contributed by atoms with Gasteiger partial charge in [0.05, 0.1) is 5.75 Å². The lowest BCUT2D eigenvalue weighted by atomic mass is 10.7. The number of aryl methyl sites for hydroxylation is 1. The van der Waals surface area contributed by atoms with E-state index in [1.807, 2.05) is 6.26 Å². The van der Waals surface area contributed by atoms with Crippen LogP contribution < -0.4 is 0 Å². The van der Waals surface area contributed by atoms with Gasteiger partial charge in [0.25, 0.3) is 0 Å². The van der Waals surface area contributed by atoms with Crippen molar-refractivity contribution in [3.8, 4) is 0 Å². The molecule has 0 unspecified atom stereocenters. The van der Waals surface area contributed by atoms with E-state index in [1.165, 1.54) is 0 Å². The Bertz CT molecular complexity index is 187. The van der Waals surface area contributed by atoms with Crippen molar-refractivity contribution in [2.45, 2.75) is 12.7 Å². The number of rotatable bonds is 2. The van der Waals surface area contributed by atoms with Crippen molar-refractivity contribution in [3.63, 3.8) is 0 Å². The Hall–Kier alpha value is -0.510. The minimum atomic E-state index is 0.638. The van der Waals surface area contributed by atoms with Gasteiger partial charge in [-0.05, 0) is 6.26 Å². The molecule has 0 fully saturated rings. The fourth-order valence-electron chi connectivity index (χ4n) is 0.529. The summed E-state index contributed by atoms with van der Waals surface area (Å²) in [4.78, 5) is 4.00. The van der Waals surface area contributed by atoms with E-state index in [0.717, 1.165) is 11.6 Å². The Kier molecular flexibility index (Phi) is 2.10. The average molecular weight is 144 g/mol. The summed E-state index contributed by atoms with van der Waals surface area (Å²) in [6.07, 6.45) is 2.01. The van der Waals surface area contributed by atoms with Crippen molar-refractivity contribution < 1.29 is 4.52 Å². The molecule has 50 valence electrons. The van der Waals surface area contributed by atoms with E-state index in [-0.39, 0.29) is 0 Å². The molecular weight excluding hydrogens is 136 g/mol. The van der Waals surface area contributed by atoms with Gasteiger partial charge in [0.1, 0.15) is 0 Å². The Labute approximate surface area is 57.8 Å². The van der Waals surface area contributed by atoms with Crippen LogP contribution in [0.3, 0.4) is 0 Å². The van der Waals surface area contributed by atoms with Crippen LogP contribution in [0.2, 0.25) is 0 Å². The summed E-state index contributed by atoms with van der Waals surface area (Å²) in [5, 5.41) is 3.70. The minimum absolute atomic E-state index is 0.638. The summed E-state index contributed by atoms with van der Waals surface area (Å²) in [6, 6.07) is 0. The lowest BCUT2D eigenvalue weighted by molar-refractivity contribution is 0.389. The highest BCUT2D eigenvalue weighted by Crippen LogP contribution is 2.03. The van der Waals surface area contributed by atoms with Crippen LogP contribution in [0.1, 0.15) is 11.7 Å². The van der Waals surface area contributed by atoms with Gasteiger partial charge in [-0.2, -0.15) is 16.7 Å². The molecule has 0 saturated carbocycles. The third kappa shape index (κ3) is 1.71. The first-order valence-electron chi connectivity index (χ1n) is 2.61. The number of thioether (sulfide) groups is 1. The zero-order chi connectivity index (χ0) is 6.69.